The van der Waals surface area contributed by atoms with Crippen LogP contribution in [0.5, 0.6) is 0 Å². The molecule has 7 heteroatoms. The van der Waals surface area contributed by atoms with Gasteiger partial charge in [0.15, 0.2) is 0 Å². The van der Waals surface area contributed by atoms with E-state index < -0.39 is 0 Å². The molecule has 1 aromatic heterocycles. The van der Waals surface area contributed by atoms with Crippen molar-refractivity contribution in [3.05, 3.63) is 77.3 Å². The third kappa shape index (κ3) is 5.18. The Balaban J connectivity index is 1.48. The number of rotatable bonds is 8. The maximum absolute atomic E-state index is 12.2. The van der Waals surface area contributed by atoms with Crippen LogP contribution in [-0.4, -0.2) is 39.2 Å². The van der Waals surface area contributed by atoms with Gasteiger partial charge in [0.2, 0.25) is 5.91 Å². The molecule has 0 bridgehead atoms. The SMILES string of the molecule is CC(c1ccc(-n2cncn2)cc1)N(C)CCC(=O)NCc1ccccc1Cl. The van der Waals surface area contributed by atoms with Crippen molar-refractivity contribution in [2.45, 2.75) is 25.9 Å². The number of nitrogens with one attached hydrogen (secondary N) is 1. The fourth-order valence-electron chi connectivity index (χ4n) is 2.90. The molecule has 0 aliphatic carbocycles. The van der Waals surface area contributed by atoms with E-state index in [0.29, 0.717) is 24.5 Å². The molecule has 0 saturated carbocycles. The molecule has 0 spiro atoms. The highest BCUT2D eigenvalue weighted by molar-refractivity contribution is 6.31. The Morgan fingerprint density at radius 1 is 1.21 bits per heavy atom. The zero-order chi connectivity index (χ0) is 19.9. The fraction of sp³-hybridized carbons (Fsp3) is 0.286. The second-order valence-corrected chi connectivity index (χ2v) is 7.11. The van der Waals surface area contributed by atoms with Gasteiger partial charge in [-0.15, -0.1) is 0 Å². The smallest absolute Gasteiger partial charge is 0.221 e. The molecular formula is C21H24ClN5O. The number of hydrogen-bond donors (Lipinski definition) is 1. The summed E-state index contributed by atoms with van der Waals surface area (Å²) in [5.41, 5.74) is 3.07. The quantitative estimate of drug-likeness (QED) is 0.630. The Hall–Kier alpha value is -2.70. The number of carbonyl (C=O) groups excluding carboxylic acids is 1. The van der Waals surface area contributed by atoms with Crippen molar-refractivity contribution >= 4 is 17.5 Å². The number of benzene rings is 2. The summed E-state index contributed by atoms with van der Waals surface area (Å²) in [5.74, 6) is 0.0144. The van der Waals surface area contributed by atoms with Crippen LogP contribution in [0.1, 0.15) is 30.5 Å². The van der Waals surface area contributed by atoms with Crippen LogP contribution in [0.25, 0.3) is 5.69 Å². The molecule has 1 atom stereocenters. The van der Waals surface area contributed by atoms with Crippen molar-refractivity contribution in [2.75, 3.05) is 13.6 Å². The molecule has 3 aromatic rings. The van der Waals surface area contributed by atoms with Gasteiger partial charge in [-0.25, -0.2) is 9.67 Å². The first-order chi connectivity index (χ1) is 13.5. The van der Waals surface area contributed by atoms with Crippen LogP contribution in [0.4, 0.5) is 0 Å². The summed E-state index contributed by atoms with van der Waals surface area (Å²) in [4.78, 5) is 18.3. The molecule has 0 saturated heterocycles. The minimum atomic E-state index is 0.0144. The van der Waals surface area contributed by atoms with Crippen molar-refractivity contribution in [1.29, 1.82) is 0 Å². The zero-order valence-corrected chi connectivity index (χ0v) is 16.8. The minimum Gasteiger partial charge on any atom is -0.352 e. The molecule has 0 aliphatic rings. The van der Waals surface area contributed by atoms with E-state index in [-0.39, 0.29) is 11.9 Å². The predicted octanol–water partition coefficient (Wildman–Crippen LogP) is 3.62. The highest BCUT2D eigenvalue weighted by Crippen LogP contribution is 2.20. The average molecular weight is 398 g/mol. The molecule has 0 aliphatic heterocycles. The summed E-state index contributed by atoms with van der Waals surface area (Å²) in [6, 6.07) is 15.9. The van der Waals surface area contributed by atoms with E-state index in [1.807, 2.05) is 43.4 Å². The van der Waals surface area contributed by atoms with Crippen molar-refractivity contribution < 1.29 is 4.79 Å². The van der Waals surface area contributed by atoms with E-state index >= 15 is 0 Å². The maximum atomic E-state index is 12.2. The second-order valence-electron chi connectivity index (χ2n) is 6.71. The van der Waals surface area contributed by atoms with Crippen LogP contribution in [0.2, 0.25) is 5.02 Å². The van der Waals surface area contributed by atoms with Crippen LogP contribution in [-0.2, 0) is 11.3 Å². The van der Waals surface area contributed by atoms with Crippen molar-refractivity contribution in [1.82, 2.24) is 25.0 Å². The molecule has 2 aromatic carbocycles. The van der Waals surface area contributed by atoms with E-state index in [9.17, 15) is 4.79 Å². The molecule has 0 fully saturated rings. The Morgan fingerprint density at radius 3 is 2.64 bits per heavy atom. The lowest BCUT2D eigenvalue weighted by Crippen LogP contribution is -2.30. The normalized spacial score (nSPS) is 12.1. The maximum Gasteiger partial charge on any atom is 0.221 e. The Morgan fingerprint density at radius 2 is 1.96 bits per heavy atom. The Kier molecular flexibility index (Phi) is 6.79. The van der Waals surface area contributed by atoms with Gasteiger partial charge < -0.3 is 5.32 Å². The predicted molar refractivity (Wildman–Crippen MR) is 110 cm³/mol. The Labute approximate surface area is 170 Å². The Bertz CT molecular complexity index is 895. The lowest BCUT2D eigenvalue weighted by atomic mass is 10.1. The number of hydrogen-bond acceptors (Lipinski definition) is 4. The van der Waals surface area contributed by atoms with Gasteiger partial charge in [0.25, 0.3) is 0 Å². The van der Waals surface area contributed by atoms with Gasteiger partial charge in [0, 0.05) is 30.6 Å². The van der Waals surface area contributed by atoms with Gasteiger partial charge in [-0.1, -0.05) is 41.9 Å². The molecule has 1 N–H and O–H groups in total. The highest BCUT2D eigenvalue weighted by Gasteiger charge is 2.13. The first-order valence-electron chi connectivity index (χ1n) is 9.20. The standard InChI is InChI=1S/C21H24ClN5O/c1-16(17-7-9-19(10-8-17)27-15-23-14-25-27)26(2)12-11-21(28)24-13-18-5-3-4-6-20(18)22/h3-10,14-16H,11-13H2,1-2H3,(H,24,28). The highest BCUT2D eigenvalue weighted by atomic mass is 35.5. The van der Waals surface area contributed by atoms with E-state index in [0.717, 1.165) is 11.3 Å². The summed E-state index contributed by atoms with van der Waals surface area (Å²) in [5, 5.41) is 7.73. The number of carbonyl (C=O) groups is 1. The van der Waals surface area contributed by atoms with Gasteiger partial charge in [-0.05, 0) is 43.3 Å². The summed E-state index contributed by atoms with van der Waals surface area (Å²) in [7, 11) is 2.03. The van der Waals surface area contributed by atoms with Gasteiger partial charge in [-0.3, -0.25) is 9.69 Å². The topological polar surface area (TPSA) is 63.1 Å². The van der Waals surface area contributed by atoms with Crippen molar-refractivity contribution in [3.63, 3.8) is 0 Å². The average Bonchev–Trinajstić information content (AvgIpc) is 3.26. The largest absolute Gasteiger partial charge is 0.352 e. The first kappa shape index (κ1) is 20.0. The monoisotopic (exact) mass is 397 g/mol. The summed E-state index contributed by atoms with van der Waals surface area (Å²) >= 11 is 6.12. The van der Waals surface area contributed by atoms with E-state index in [1.165, 1.54) is 11.9 Å². The molecule has 6 nitrogen and oxygen atoms in total. The van der Waals surface area contributed by atoms with Crippen molar-refractivity contribution in [2.24, 2.45) is 0 Å². The summed E-state index contributed by atoms with van der Waals surface area (Å²) < 4.78 is 1.72. The van der Waals surface area contributed by atoms with Gasteiger partial charge in [0.1, 0.15) is 12.7 Å². The molecule has 1 unspecified atom stereocenters. The summed E-state index contributed by atoms with van der Waals surface area (Å²) in [6.07, 6.45) is 3.62. The number of amides is 1. The number of aromatic nitrogens is 3. The van der Waals surface area contributed by atoms with Gasteiger partial charge >= 0.3 is 0 Å². The summed E-state index contributed by atoms with van der Waals surface area (Å²) in [6.45, 7) is 3.24. The van der Waals surface area contributed by atoms with Gasteiger partial charge in [0.05, 0.1) is 5.69 Å². The van der Waals surface area contributed by atoms with Crippen LogP contribution in [0, 0.1) is 0 Å². The minimum absolute atomic E-state index is 0.0144. The third-order valence-corrected chi connectivity index (χ3v) is 5.21. The first-order valence-corrected chi connectivity index (χ1v) is 9.57. The van der Waals surface area contributed by atoms with Crippen LogP contribution in [0.3, 0.4) is 0 Å². The van der Waals surface area contributed by atoms with Crippen LogP contribution >= 0.6 is 11.6 Å². The zero-order valence-electron chi connectivity index (χ0n) is 16.0. The van der Waals surface area contributed by atoms with Crippen LogP contribution < -0.4 is 5.32 Å². The van der Waals surface area contributed by atoms with E-state index in [2.05, 4.69) is 39.4 Å². The molecule has 1 heterocycles. The van der Waals surface area contributed by atoms with Crippen molar-refractivity contribution in [3.8, 4) is 5.69 Å². The van der Waals surface area contributed by atoms with Crippen LogP contribution in [0.15, 0.2) is 61.2 Å². The molecule has 1 amide bonds. The molecule has 0 radical (unpaired) electrons. The van der Waals surface area contributed by atoms with E-state index in [1.54, 1.807) is 11.0 Å². The molecule has 146 valence electrons. The molecule has 3 rings (SSSR count). The molecule has 28 heavy (non-hydrogen) atoms. The fourth-order valence-corrected chi connectivity index (χ4v) is 3.10. The van der Waals surface area contributed by atoms with E-state index in [4.69, 9.17) is 11.6 Å². The lowest BCUT2D eigenvalue weighted by molar-refractivity contribution is -0.121. The lowest BCUT2D eigenvalue weighted by Gasteiger charge is -2.25. The number of nitrogens with zero attached hydrogens (tertiary/aromatic N) is 4. The second kappa shape index (κ2) is 9.48. The third-order valence-electron chi connectivity index (χ3n) is 4.85. The molecular weight excluding hydrogens is 374 g/mol. The number of halogens is 1. The van der Waals surface area contributed by atoms with Gasteiger partial charge in [-0.2, -0.15) is 5.10 Å².